The quantitative estimate of drug-likeness (QED) is 0.602. The van der Waals surface area contributed by atoms with Crippen LogP contribution in [0.25, 0.3) is 0 Å². The van der Waals surface area contributed by atoms with Gasteiger partial charge in [-0.25, -0.2) is 4.79 Å². The molecule has 1 fully saturated rings. The Bertz CT molecular complexity index is 196. The lowest BCUT2D eigenvalue weighted by Crippen LogP contribution is -2.36. The van der Waals surface area contributed by atoms with E-state index in [2.05, 4.69) is 10.2 Å². The van der Waals surface area contributed by atoms with Crippen LogP contribution in [0.1, 0.15) is 12.8 Å². The lowest BCUT2D eigenvalue weighted by atomic mass is 10.3. The highest BCUT2D eigenvalue weighted by Gasteiger charge is 2.22. The zero-order chi connectivity index (χ0) is 9.68. The highest BCUT2D eigenvalue weighted by molar-refractivity contribution is 5.64. The van der Waals surface area contributed by atoms with Gasteiger partial charge in [-0.05, 0) is 6.42 Å². The summed E-state index contributed by atoms with van der Waals surface area (Å²) in [6.45, 7) is 2.33. The molecule has 0 aromatic carbocycles. The Hall–Kier alpha value is -1.10. The fourth-order valence-electron chi connectivity index (χ4n) is 1.56. The van der Waals surface area contributed by atoms with Gasteiger partial charge in [0.25, 0.3) is 0 Å². The van der Waals surface area contributed by atoms with E-state index in [1.54, 1.807) is 0 Å². The Morgan fingerprint density at radius 1 is 1.69 bits per heavy atom. The van der Waals surface area contributed by atoms with Crippen LogP contribution in [0.3, 0.4) is 0 Å². The van der Waals surface area contributed by atoms with Crippen LogP contribution in [0.15, 0.2) is 0 Å². The Labute approximate surface area is 76.7 Å². The molecule has 1 atom stereocenters. The van der Waals surface area contributed by atoms with Gasteiger partial charge in [0, 0.05) is 32.1 Å². The van der Waals surface area contributed by atoms with Crippen molar-refractivity contribution in [1.82, 2.24) is 10.2 Å². The summed E-state index contributed by atoms with van der Waals surface area (Å²) < 4.78 is 0. The predicted molar refractivity (Wildman–Crippen MR) is 46.7 cm³/mol. The Morgan fingerprint density at radius 2 is 2.46 bits per heavy atom. The second kappa shape index (κ2) is 4.81. The van der Waals surface area contributed by atoms with E-state index < -0.39 is 6.09 Å². The van der Waals surface area contributed by atoms with Crippen LogP contribution in [0, 0.1) is 0 Å². The van der Waals surface area contributed by atoms with E-state index in [1.807, 2.05) is 0 Å². The zero-order valence-electron chi connectivity index (χ0n) is 7.40. The molecule has 1 amide bonds. The topological polar surface area (TPSA) is 69.6 Å². The molecule has 1 aliphatic rings. The number of carboxylic acid groups (broad SMARTS) is 1. The summed E-state index contributed by atoms with van der Waals surface area (Å²) in [5, 5.41) is 10.9. The maximum Gasteiger partial charge on any atom is 0.404 e. The van der Waals surface area contributed by atoms with E-state index in [1.165, 1.54) is 0 Å². The summed E-state index contributed by atoms with van der Waals surface area (Å²) in [5.74, 6) is 0. The standard InChI is InChI=1S/C8H14N2O3/c11-5-1-3-10-4-2-7(6-10)9-8(12)13/h5,7,9H,1-4,6H2,(H,12,13)/t7-/m1/s1. The normalized spacial score (nSPS) is 22.9. The van der Waals surface area contributed by atoms with Gasteiger partial charge in [0.2, 0.25) is 0 Å². The van der Waals surface area contributed by atoms with Gasteiger partial charge in [0.15, 0.2) is 0 Å². The SMILES string of the molecule is O=CCCN1CC[C@@H](NC(=O)O)C1. The number of nitrogens with zero attached hydrogens (tertiary/aromatic N) is 1. The van der Waals surface area contributed by atoms with Crippen LogP contribution >= 0.6 is 0 Å². The Kier molecular flexibility index (Phi) is 3.70. The molecule has 0 radical (unpaired) electrons. The van der Waals surface area contributed by atoms with Crippen molar-refractivity contribution < 1.29 is 14.7 Å². The van der Waals surface area contributed by atoms with E-state index in [9.17, 15) is 9.59 Å². The van der Waals surface area contributed by atoms with E-state index >= 15 is 0 Å². The number of carbonyl (C=O) groups is 2. The summed E-state index contributed by atoms with van der Waals surface area (Å²) in [4.78, 5) is 22.5. The van der Waals surface area contributed by atoms with Gasteiger partial charge >= 0.3 is 6.09 Å². The number of rotatable bonds is 4. The average Bonchev–Trinajstić information content (AvgIpc) is 2.48. The molecular formula is C8H14N2O3. The Balaban J connectivity index is 2.19. The van der Waals surface area contributed by atoms with Crippen molar-refractivity contribution in [3.63, 3.8) is 0 Å². The van der Waals surface area contributed by atoms with Crippen LogP contribution in [0.4, 0.5) is 4.79 Å². The molecule has 1 saturated heterocycles. The number of nitrogens with one attached hydrogen (secondary N) is 1. The lowest BCUT2D eigenvalue weighted by Gasteiger charge is -2.13. The molecule has 74 valence electrons. The van der Waals surface area contributed by atoms with Crippen molar-refractivity contribution in [2.45, 2.75) is 18.9 Å². The second-order valence-corrected chi connectivity index (χ2v) is 3.19. The van der Waals surface area contributed by atoms with Crippen molar-refractivity contribution in [2.75, 3.05) is 19.6 Å². The molecule has 0 saturated carbocycles. The van der Waals surface area contributed by atoms with Crippen LogP contribution < -0.4 is 5.32 Å². The van der Waals surface area contributed by atoms with Gasteiger partial charge in [-0.15, -0.1) is 0 Å². The van der Waals surface area contributed by atoms with Crippen molar-refractivity contribution in [3.05, 3.63) is 0 Å². The average molecular weight is 186 g/mol. The van der Waals surface area contributed by atoms with Crippen LogP contribution in [-0.2, 0) is 4.79 Å². The third-order valence-corrected chi connectivity index (χ3v) is 2.16. The maximum atomic E-state index is 10.3. The van der Waals surface area contributed by atoms with Crippen molar-refractivity contribution in [2.24, 2.45) is 0 Å². The zero-order valence-corrected chi connectivity index (χ0v) is 7.40. The highest BCUT2D eigenvalue weighted by Crippen LogP contribution is 2.08. The maximum absolute atomic E-state index is 10.3. The molecule has 0 bridgehead atoms. The Morgan fingerprint density at radius 3 is 3.08 bits per heavy atom. The van der Waals surface area contributed by atoms with Gasteiger partial charge in [0.1, 0.15) is 6.29 Å². The summed E-state index contributed by atoms with van der Waals surface area (Å²) >= 11 is 0. The fraction of sp³-hybridized carbons (Fsp3) is 0.750. The van der Waals surface area contributed by atoms with Crippen LogP contribution in [0.5, 0.6) is 0 Å². The monoisotopic (exact) mass is 186 g/mol. The van der Waals surface area contributed by atoms with Gasteiger partial charge in [-0.3, -0.25) is 0 Å². The summed E-state index contributed by atoms with van der Waals surface area (Å²) in [6, 6.07) is 0.0316. The summed E-state index contributed by atoms with van der Waals surface area (Å²) in [6.07, 6.45) is 1.28. The molecule has 0 unspecified atom stereocenters. The molecule has 0 spiro atoms. The number of hydrogen-bond acceptors (Lipinski definition) is 3. The molecule has 2 N–H and O–H groups in total. The van der Waals surface area contributed by atoms with Gasteiger partial charge < -0.3 is 20.1 Å². The number of amides is 1. The van der Waals surface area contributed by atoms with Crippen LogP contribution in [-0.4, -0.2) is 48.1 Å². The van der Waals surface area contributed by atoms with E-state index in [-0.39, 0.29) is 6.04 Å². The number of aldehydes is 1. The van der Waals surface area contributed by atoms with Gasteiger partial charge in [-0.2, -0.15) is 0 Å². The third kappa shape index (κ3) is 3.42. The molecule has 0 aromatic heterocycles. The number of carbonyl (C=O) groups excluding carboxylic acids is 1. The summed E-state index contributed by atoms with van der Waals surface area (Å²) in [7, 11) is 0. The summed E-state index contributed by atoms with van der Waals surface area (Å²) in [5.41, 5.74) is 0. The second-order valence-electron chi connectivity index (χ2n) is 3.19. The van der Waals surface area contributed by atoms with E-state index in [4.69, 9.17) is 5.11 Å². The third-order valence-electron chi connectivity index (χ3n) is 2.16. The van der Waals surface area contributed by atoms with E-state index in [0.717, 1.165) is 32.3 Å². The molecular weight excluding hydrogens is 172 g/mol. The highest BCUT2D eigenvalue weighted by atomic mass is 16.4. The minimum atomic E-state index is -0.970. The van der Waals surface area contributed by atoms with Crippen LogP contribution in [0.2, 0.25) is 0 Å². The first kappa shape index (κ1) is 9.98. The molecule has 1 rings (SSSR count). The first-order valence-corrected chi connectivity index (χ1v) is 4.38. The molecule has 1 aliphatic heterocycles. The molecule has 13 heavy (non-hydrogen) atoms. The minimum absolute atomic E-state index is 0.0316. The van der Waals surface area contributed by atoms with Crippen molar-refractivity contribution in [1.29, 1.82) is 0 Å². The molecule has 1 heterocycles. The van der Waals surface area contributed by atoms with E-state index in [0.29, 0.717) is 6.42 Å². The molecule has 5 nitrogen and oxygen atoms in total. The van der Waals surface area contributed by atoms with Gasteiger partial charge in [-0.1, -0.05) is 0 Å². The number of hydrogen-bond donors (Lipinski definition) is 2. The number of likely N-dealkylation sites (tertiary alicyclic amines) is 1. The molecule has 0 aliphatic carbocycles. The molecule has 5 heteroatoms. The first-order valence-electron chi connectivity index (χ1n) is 4.38. The smallest absolute Gasteiger partial charge is 0.404 e. The van der Waals surface area contributed by atoms with Crippen molar-refractivity contribution in [3.8, 4) is 0 Å². The fourth-order valence-corrected chi connectivity index (χ4v) is 1.56. The lowest BCUT2D eigenvalue weighted by molar-refractivity contribution is -0.108. The predicted octanol–water partition coefficient (Wildman–Crippen LogP) is -0.0827. The minimum Gasteiger partial charge on any atom is -0.465 e. The largest absolute Gasteiger partial charge is 0.465 e. The van der Waals surface area contributed by atoms with Gasteiger partial charge in [0.05, 0.1) is 0 Å². The molecule has 0 aromatic rings. The first-order chi connectivity index (χ1) is 6.22. The van der Waals surface area contributed by atoms with Crippen molar-refractivity contribution >= 4 is 12.4 Å².